The van der Waals surface area contributed by atoms with Crippen molar-refractivity contribution in [2.75, 3.05) is 0 Å². The van der Waals surface area contributed by atoms with Crippen LogP contribution in [-0.4, -0.2) is 29.4 Å². The Morgan fingerprint density at radius 3 is 1.90 bits per heavy atom. The zero-order chi connectivity index (χ0) is 22.7. The number of nitrogens with zero attached hydrogens (tertiary/aromatic N) is 1. The highest BCUT2D eigenvalue weighted by Gasteiger charge is 2.49. The Labute approximate surface area is 186 Å². The largest absolute Gasteiger partial charge is 0.443 e. The molecule has 0 unspecified atom stereocenters. The van der Waals surface area contributed by atoms with Crippen LogP contribution in [0.5, 0.6) is 0 Å². The molecule has 3 aromatic rings. The van der Waals surface area contributed by atoms with Gasteiger partial charge in [-0.2, -0.15) is 0 Å². The molecule has 0 atom stereocenters. The third kappa shape index (κ3) is 5.17. The summed E-state index contributed by atoms with van der Waals surface area (Å²) in [4.78, 5) is 24.6. The number of rotatable bonds is 6. The average Bonchev–Trinajstić information content (AvgIpc) is 3.21. The third-order valence-corrected chi connectivity index (χ3v) is 10.3. The second-order valence-electron chi connectivity index (χ2n) is 9.73. The molecule has 0 aliphatic heterocycles. The monoisotopic (exact) mass is 435 g/mol. The second-order valence-corrected chi connectivity index (χ2v) is 13.7. The van der Waals surface area contributed by atoms with Gasteiger partial charge in [0.15, 0.2) is 0 Å². The zero-order valence-electron chi connectivity index (χ0n) is 19.1. The molecule has 2 aromatic carbocycles. The van der Waals surface area contributed by atoms with Crippen molar-refractivity contribution in [3.05, 3.63) is 84.7 Å². The summed E-state index contributed by atoms with van der Waals surface area (Å²) in [5.74, 6) is 0. The van der Waals surface area contributed by atoms with Crippen LogP contribution in [0.25, 0.3) is 0 Å². The number of carbonyl (C=O) groups excluding carboxylic acids is 1. The van der Waals surface area contributed by atoms with Gasteiger partial charge in [-0.1, -0.05) is 74.5 Å². The van der Waals surface area contributed by atoms with Crippen LogP contribution in [0.4, 0.5) is 4.79 Å². The van der Waals surface area contributed by atoms with E-state index in [2.05, 4.69) is 13.8 Å². The van der Waals surface area contributed by atoms with Crippen LogP contribution in [0.3, 0.4) is 0 Å². The number of hydrogen-bond acceptors (Lipinski definition) is 3. The molecule has 0 radical (unpaired) electrons. The van der Waals surface area contributed by atoms with E-state index in [9.17, 15) is 9.59 Å². The Balaban J connectivity index is 1.84. The van der Waals surface area contributed by atoms with E-state index < -0.39 is 13.9 Å². The molecule has 164 valence electrons. The lowest BCUT2D eigenvalue weighted by molar-refractivity contribution is 0.0537. The maximum atomic E-state index is 12.3. The molecular formula is C26H33NO3Si. The molecule has 0 fully saturated rings. The van der Waals surface area contributed by atoms with Gasteiger partial charge in [0.1, 0.15) is 5.60 Å². The van der Waals surface area contributed by atoms with E-state index in [0.717, 1.165) is 28.8 Å². The standard InChI is InChI=1S/C26H33NO3Si/c1-25(2,3)30-24(28)27-19-17-21(20-27)16-18-26(4,5)31(29,22-12-8-6-9-13-22)23-14-10-7-11-15-23/h6-15,17,19-20,29H,16,18H2,1-5H3. The van der Waals surface area contributed by atoms with E-state index in [1.54, 1.807) is 6.20 Å². The van der Waals surface area contributed by atoms with Gasteiger partial charge in [-0.05, 0) is 60.7 Å². The molecular weight excluding hydrogens is 402 g/mol. The number of hydrogen-bond donors (Lipinski definition) is 1. The molecule has 0 saturated heterocycles. The first-order valence-electron chi connectivity index (χ1n) is 10.8. The fourth-order valence-electron chi connectivity index (χ4n) is 3.96. The summed E-state index contributed by atoms with van der Waals surface area (Å²) in [5.41, 5.74) is 0.521. The van der Waals surface area contributed by atoms with E-state index in [4.69, 9.17) is 4.74 Å². The molecule has 1 heterocycles. The summed E-state index contributed by atoms with van der Waals surface area (Å²) in [7, 11) is -3.03. The predicted molar refractivity (Wildman–Crippen MR) is 129 cm³/mol. The summed E-state index contributed by atoms with van der Waals surface area (Å²) >= 11 is 0. The lowest BCUT2D eigenvalue weighted by atomic mass is 10.0. The fraction of sp³-hybridized carbons (Fsp3) is 0.346. The van der Waals surface area contributed by atoms with Gasteiger partial charge in [0, 0.05) is 12.4 Å². The van der Waals surface area contributed by atoms with Gasteiger partial charge >= 0.3 is 6.09 Å². The van der Waals surface area contributed by atoms with Gasteiger partial charge in [0.2, 0.25) is 0 Å². The first-order chi connectivity index (χ1) is 14.5. The van der Waals surface area contributed by atoms with Crippen LogP contribution in [0.2, 0.25) is 5.04 Å². The maximum Gasteiger partial charge on any atom is 0.418 e. The molecule has 31 heavy (non-hydrogen) atoms. The quantitative estimate of drug-likeness (QED) is 0.569. The van der Waals surface area contributed by atoms with Crippen LogP contribution >= 0.6 is 0 Å². The highest BCUT2D eigenvalue weighted by atomic mass is 28.4. The van der Waals surface area contributed by atoms with Crippen LogP contribution in [0, 0.1) is 0 Å². The predicted octanol–water partition coefficient (Wildman–Crippen LogP) is 4.74. The molecule has 1 N–H and O–H groups in total. The Morgan fingerprint density at radius 2 is 1.42 bits per heavy atom. The molecule has 0 saturated carbocycles. The number of benzene rings is 2. The SMILES string of the molecule is CC(C)(C)OC(=O)n1ccc(CCC(C)(C)[Si](O)(c2ccccc2)c2ccccc2)c1. The minimum Gasteiger partial charge on any atom is -0.443 e. The van der Waals surface area contributed by atoms with Crippen molar-refractivity contribution in [2.45, 2.75) is 58.1 Å². The molecule has 4 nitrogen and oxygen atoms in total. The summed E-state index contributed by atoms with van der Waals surface area (Å²) in [6, 6.07) is 22.1. The molecule has 0 aliphatic rings. The number of aromatic nitrogens is 1. The maximum absolute atomic E-state index is 12.3. The second kappa shape index (κ2) is 8.85. The zero-order valence-corrected chi connectivity index (χ0v) is 20.1. The smallest absolute Gasteiger partial charge is 0.418 e. The summed E-state index contributed by atoms with van der Waals surface area (Å²) in [6.07, 6.45) is 4.75. The normalized spacial score (nSPS) is 12.6. The van der Waals surface area contributed by atoms with Crippen molar-refractivity contribution in [3.63, 3.8) is 0 Å². The summed E-state index contributed by atoms with van der Waals surface area (Å²) in [6.45, 7) is 9.89. The Hall–Kier alpha value is -2.63. The highest BCUT2D eigenvalue weighted by molar-refractivity contribution is 6.98. The first kappa shape index (κ1) is 23.0. The molecule has 1 aromatic heterocycles. The molecule has 5 heteroatoms. The molecule has 0 spiro atoms. The Kier molecular flexibility index (Phi) is 6.58. The minimum absolute atomic E-state index is 0.330. The average molecular weight is 436 g/mol. The molecule has 0 aliphatic carbocycles. The molecule has 0 amide bonds. The van der Waals surface area contributed by atoms with Crippen molar-refractivity contribution in [1.29, 1.82) is 0 Å². The van der Waals surface area contributed by atoms with Crippen molar-refractivity contribution in [2.24, 2.45) is 0 Å². The van der Waals surface area contributed by atoms with Crippen LogP contribution < -0.4 is 10.4 Å². The van der Waals surface area contributed by atoms with E-state index >= 15 is 0 Å². The van der Waals surface area contributed by atoms with Gasteiger partial charge < -0.3 is 9.53 Å². The van der Waals surface area contributed by atoms with Gasteiger partial charge in [-0.3, -0.25) is 4.57 Å². The summed E-state index contributed by atoms with van der Waals surface area (Å²) in [5, 5.41) is 1.69. The number of ether oxygens (including phenoxy) is 1. The van der Waals surface area contributed by atoms with Crippen molar-refractivity contribution < 1.29 is 14.3 Å². The fourth-order valence-corrected chi connectivity index (χ4v) is 7.69. The topological polar surface area (TPSA) is 51.5 Å². The van der Waals surface area contributed by atoms with E-state index in [1.807, 2.05) is 93.7 Å². The van der Waals surface area contributed by atoms with E-state index in [0.29, 0.717) is 0 Å². The van der Waals surface area contributed by atoms with Gasteiger partial charge in [0.25, 0.3) is 8.32 Å². The third-order valence-electron chi connectivity index (χ3n) is 5.76. The lowest BCUT2D eigenvalue weighted by Gasteiger charge is -2.41. The van der Waals surface area contributed by atoms with Crippen LogP contribution in [-0.2, 0) is 11.2 Å². The molecule has 0 bridgehead atoms. The van der Waals surface area contributed by atoms with Gasteiger partial charge in [0.05, 0.1) is 0 Å². The Bertz CT molecular complexity index is 964. The van der Waals surface area contributed by atoms with E-state index in [-0.39, 0.29) is 11.1 Å². The van der Waals surface area contributed by atoms with E-state index in [1.165, 1.54) is 4.57 Å². The van der Waals surface area contributed by atoms with Crippen molar-refractivity contribution in [3.8, 4) is 0 Å². The number of aryl methyl sites for hydroxylation is 1. The minimum atomic E-state index is -3.03. The van der Waals surface area contributed by atoms with Crippen molar-refractivity contribution in [1.82, 2.24) is 4.57 Å². The molecule has 3 rings (SSSR count). The van der Waals surface area contributed by atoms with Gasteiger partial charge in [-0.25, -0.2) is 4.79 Å². The first-order valence-corrected chi connectivity index (χ1v) is 12.7. The van der Waals surface area contributed by atoms with Crippen LogP contribution in [0.15, 0.2) is 79.1 Å². The Morgan fingerprint density at radius 1 is 0.903 bits per heavy atom. The van der Waals surface area contributed by atoms with Crippen LogP contribution in [0.1, 0.15) is 46.6 Å². The lowest BCUT2D eigenvalue weighted by Crippen LogP contribution is -2.65. The number of carbonyl (C=O) groups is 1. The van der Waals surface area contributed by atoms with Gasteiger partial charge in [-0.15, -0.1) is 0 Å². The summed E-state index contributed by atoms with van der Waals surface area (Å²) < 4.78 is 6.93. The highest BCUT2D eigenvalue weighted by Crippen LogP contribution is 2.39. The van der Waals surface area contributed by atoms with Crippen molar-refractivity contribution >= 4 is 24.8 Å².